The summed E-state index contributed by atoms with van der Waals surface area (Å²) in [5, 5.41) is 9.82. The minimum Gasteiger partial charge on any atom is -0.269 e. The third-order valence-corrected chi connectivity index (χ3v) is 6.62. The molecule has 4 heteroatoms. The maximum absolute atomic E-state index is 5.13. The van der Waals surface area contributed by atoms with E-state index in [2.05, 4.69) is 68.1 Å². The molecule has 0 saturated carbocycles. The number of rotatable bonds is 1. The Hall–Kier alpha value is -1.58. The molecule has 2 aromatic rings. The van der Waals surface area contributed by atoms with Gasteiger partial charge in [-0.15, -0.1) is 0 Å². The molecule has 0 saturated heterocycles. The first kappa shape index (κ1) is 17.8. The SMILES string of the molecule is CC(C)(C)C1CCc2cc(C3CCc4ccnn4C3C(C)(C)C)nn2C1. The second kappa shape index (κ2) is 5.97. The van der Waals surface area contributed by atoms with Gasteiger partial charge >= 0.3 is 0 Å². The van der Waals surface area contributed by atoms with Gasteiger partial charge in [0, 0.05) is 30.0 Å². The molecule has 0 fully saturated rings. The van der Waals surface area contributed by atoms with Crippen molar-refractivity contribution >= 4 is 0 Å². The summed E-state index contributed by atoms with van der Waals surface area (Å²) in [6.45, 7) is 15.2. The number of hydrogen-bond acceptors (Lipinski definition) is 2. The van der Waals surface area contributed by atoms with E-state index in [1.165, 1.54) is 29.9 Å². The van der Waals surface area contributed by atoms with E-state index >= 15 is 0 Å². The minimum atomic E-state index is 0.157. The Morgan fingerprint density at radius 1 is 0.962 bits per heavy atom. The molecule has 2 aromatic heterocycles. The van der Waals surface area contributed by atoms with Gasteiger partial charge in [0.2, 0.25) is 0 Å². The van der Waals surface area contributed by atoms with Crippen LogP contribution in [0.2, 0.25) is 0 Å². The zero-order valence-corrected chi connectivity index (χ0v) is 17.3. The molecule has 3 unspecified atom stereocenters. The van der Waals surface area contributed by atoms with E-state index in [-0.39, 0.29) is 5.41 Å². The minimum absolute atomic E-state index is 0.157. The quantitative estimate of drug-likeness (QED) is 0.722. The second-order valence-corrected chi connectivity index (χ2v) is 10.6. The Kier molecular flexibility index (Phi) is 4.09. The zero-order valence-electron chi connectivity index (χ0n) is 17.3. The Morgan fingerprint density at radius 3 is 2.38 bits per heavy atom. The van der Waals surface area contributed by atoms with Gasteiger partial charge in [-0.25, -0.2) is 0 Å². The largest absolute Gasteiger partial charge is 0.269 e. The summed E-state index contributed by atoms with van der Waals surface area (Å²) in [6, 6.07) is 4.95. The summed E-state index contributed by atoms with van der Waals surface area (Å²) in [6.07, 6.45) is 6.68. The standard InChI is InChI=1S/C22H34N4/c1-21(2,3)15-7-8-17-13-19(24-25(17)14-15)18-10-9-16-11-12-23-26(16)20(18)22(4,5)6/h11-13,15,18,20H,7-10,14H2,1-6H3. The maximum Gasteiger partial charge on any atom is 0.0680 e. The molecule has 142 valence electrons. The molecular formula is C22H34N4. The fourth-order valence-corrected chi connectivity index (χ4v) is 5.05. The smallest absolute Gasteiger partial charge is 0.0680 e. The lowest BCUT2D eigenvalue weighted by Gasteiger charge is -2.40. The van der Waals surface area contributed by atoms with Gasteiger partial charge in [0.1, 0.15) is 0 Å². The number of hydrogen-bond donors (Lipinski definition) is 0. The Labute approximate surface area is 158 Å². The molecule has 4 rings (SSSR count). The molecule has 0 aliphatic carbocycles. The van der Waals surface area contributed by atoms with Crippen LogP contribution in [-0.2, 0) is 19.4 Å². The molecule has 26 heavy (non-hydrogen) atoms. The molecule has 0 radical (unpaired) electrons. The third kappa shape index (κ3) is 3.01. The zero-order chi connectivity index (χ0) is 18.7. The van der Waals surface area contributed by atoms with Gasteiger partial charge in [-0.2, -0.15) is 10.2 Å². The van der Waals surface area contributed by atoms with Crippen molar-refractivity contribution in [3.05, 3.63) is 35.4 Å². The van der Waals surface area contributed by atoms with Crippen LogP contribution in [0, 0.1) is 16.7 Å². The third-order valence-electron chi connectivity index (χ3n) is 6.62. The van der Waals surface area contributed by atoms with Gasteiger partial charge in [-0.1, -0.05) is 41.5 Å². The summed E-state index contributed by atoms with van der Waals surface area (Å²) >= 11 is 0. The van der Waals surface area contributed by atoms with Gasteiger partial charge in [0.25, 0.3) is 0 Å². The molecule has 0 aromatic carbocycles. The molecule has 3 atom stereocenters. The van der Waals surface area contributed by atoms with Crippen molar-refractivity contribution in [2.24, 2.45) is 16.7 Å². The van der Waals surface area contributed by atoms with Crippen molar-refractivity contribution in [1.29, 1.82) is 0 Å². The van der Waals surface area contributed by atoms with Crippen LogP contribution in [0.5, 0.6) is 0 Å². The van der Waals surface area contributed by atoms with E-state index in [1.54, 1.807) is 0 Å². The predicted octanol–water partition coefficient (Wildman–Crippen LogP) is 5.01. The van der Waals surface area contributed by atoms with Gasteiger partial charge < -0.3 is 0 Å². The molecular weight excluding hydrogens is 320 g/mol. The molecule has 4 heterocycles. The molecule has 0 N–H and O–H groups in total. The van der Waals surface area contributed by atoms with Gasteiger partial charge in [0.15, 0.2) is 0 Å². The van der Waals surface area contributed by atoms with Gasteiger partial charge in [0.05, 0.1) is 11.7 Å². The first-order chi connectivity index (χ1) is 12.1. The highest BCUT2D eigenvalue weighted by molar-refractivity contribution is 5.22. The predicted molar refractivity (Wildman–Crippen MR) is 105 cm³/mol. The van der Waals surface area contributed by atoms with Crippen molar-refractivity contribution < 1.29 is 0 Å². The molecule has 0 amide bonds. The fourth-order valence-electron chi connectivity index (χ4n) is 5.05. The van der Waals surface area contributed by atoms with Crippen molar-refractivity contribution in [2.45, 2.75) is 85.7 Å². The van der Waals surface area contributed by atoms with E-state index < -0.39 is 0 Å². The normalized spacial score (nSPS) is 26.5. The number of nitrogens with zero attached hydrogens (tertiary/aromatic N) is 4. The fraction of sp³-hybridized carbons (Fsp3) is 0.727. The lowest BCUT2D eigenvalue weighted by atomic mass is 9.73. The Bertz CT molecular complexity index is 784. The summed E-state index contributed by atoms with van der Waals surface area (Å²) in [4.78, 5) is 0. The number of fused-ring (bicyclic) bond motifs is 2. The topological polar surface area (TPSA) is 35.6 Å². The number of aromatic nitrogens is 4. The van der Waals surface area contributed by atoms with Crippen molar-refractivity contribution in [3.63, 3.8) is 0 Å². The van der Waals surface area contributed by atoms with E-state index in [4.69, 9.17) is 5.10 Å². The molecule has 2 aliphatic rings. The van der Waals surface area contributed by atoms with Crippen LogP contribution in [0.15, 0.2) is 18.3 Å². The van der Waals surface area contributed by atoms with E-state index in [9.17, 15) is 0 Å². The lowest BCUT2D eigenvalue weighted by molar-refractivity contribution is 0.157. The number of aryl methyl sites for hydroxylation is 2. The van der Waals surface area contributed by atoms with Crippen LogP contribution in [-0.4, -0.2) is 19.6 Å². The van der Waals surface area contributed by atoms with Crippen molar-refractivity contribution in [2.75, 3.05) is 0 Å². The monoisotopic (exact) mass is 354 g/mol. The van der Waals surface area contributed by atoms with Crippen LogP contribution < -0.4 is 0 Å². The van der Waals surface area contributed by atoms with E-state index in [0.717, 1.165) is 19.4 Å². The highest BCUT2D eigenvalue weighted by Gasteiger charge is 2.40. The molecule has 0 bridgehead atoms. The lowest BCUT2D eigenvalue weighted by Crippen LogP contribution is -2.35. The molecule has 4 nitrogen and oxygen atoms in total. The van der Waals surface area contributed by atoms with Crippen molar-refractivity contribution in [3.8, 4) is 0 Å². The first-order valence-electron chi connectivity index (χ1n) is 10.2. The van der Waals surface area contributed by atoms with Crippen LogP contribution >= 0.6 is 0 Å². The van der Waals surface area contributed by atoms with Crippen LogP contribution in [0.3, 0.4) is 0 Å². The summed E-state index contributed by atoms with van der Waals surface area (Å²) in [5.74, 6) is 1.17. The highest BCUT2D eigenvalue weighted by Crippen LogP contribution is 2.47. The average Bonchev–Trinajstić information content (AvgIpc) is 3.17. The van der Waals surface area contributed by atoms with E-state index in [1.807, 2.05) is 6.20 Å². The molecule has 0 spiro atoms. The highest BCUT2D eigenvalue weighted by atomic mass is 15.3. The summed E-state index contributed by atoms with van der Waals surface area (Å²) in [5.41, 5.74) is 4.60. The van der Waals surface area contributed by atoms with Gasteiger partial charge in [-0.3, -0.25) is 9.36 Å². The summed E-state index contributed by atoms with van der Waals surface area (Å²) in [7, 11) is 0. The van der Waals surface area contributed by atoms with Crippen LogP contribution in [0.4, 0.5) is 0 Å². The average molecular weight is 355 g/mol. The van der Waals surface area contributed by atoms with Gasteiger partial charge in [-0.05, 0) is 54.6 Å². The Morgan fingerprint density at radius 2 is 1.69 bits per heavy atom. The Balaban J connectivity index is 1.67. The summed E-state index contributed by atoms with van der Waals surface area (Å²) < 4.78 is 4.59. The molecule has 2 aliphatic heterocycles. The second-order valence-electron chi connectivity index (χ2n) is 10.6. The maximum atomic E-state index is 5.13. The van der Waals surface area contributed by atoms with Crippen molar-refractivity contribution in [1.82, 2.24) is 19.6 Å². The van der Waals surface area contributed by atoms with Crippen LogP contribution in [0.1, 0.15) is 83.4 Å². The van der Waals surface area contributed by atoms with Crippen LogP contribution in [0.25, 0.3) is 0 Å². The first-order valence-corrected chi connectivity index (χ1v) is 10.2. The van der Waals surface area contributed by atoms with E-state index in [0.29, 0.717) is 23.3 Å².